The van der Waals surface area contributed by atoms with Crippen molar-refractivity contribution in [2.24, 2.45) is 5.10 Å². The van der Waals surface area contributed by atoms with Gasteiger partial charge in [0.05, 0.1) is 17.3 Å². The molecule has 0 radical (unpaired) electrons. The zero-order valence-corrected chi connectivity index (χ0v) is 17.1. The van der Waals surface area contributed by atoms with Crippen molar-refractivity contribution >= 4 is 23.4 Å². The lowest BCUT2D eigenvalue weighted by Crippen LogP contribution is -2.45. The number of likely N-dealkylation sites (N-methyl/N-ethyl adjacent to an activating group) is 1. The van der Waals surface area contributed by atoms with Gasteiger partial charge in [0.15, 0.2) is 0 Å². The Labute approximate surface area is 166 Å². The Morgan fingerprint density at radius 3 is 2.64 bits per heavy atom. The Kier molecular flexibility index (Phi) is 5.27. The maximum Gasteiger partial charge on any atom is 0.275 e. The number of hydrazone groups is 1. The quantitative estimate of drug-likeness (QED) is 0.610. The molecule has 0 saturated heterocycles. The molecule has 0 fully saturated rings. The number of aromatic hydroxyl groups is 1. The van der Waals surface area contributed by atoms with E-state index in [1.165, 1.54) is 22.9 Å². The number of nitrogens with one attached hydrogen (secondary N) is 1. The summed E-state index contributed by atoms with van der Waals surface area (Å²) in [5.74, 6) is -0.511. The van der Waals surface area contributed by atoms with Gasteiger partial charge >= 0.3 is 0 Å². The summed E-state index contributed by atoms with van der Waals surface area (Å²) in [6.07, 6.45) is 3.94. The second-order valence-electron chi connectivity index (χ2n) is 7.67. The van der Waals surface area contributed by atoms with E-state index >= 15 is 0 Å². The molecule has 0 atom stereocenters. The van der Waals surface area contributed by atoms with Gasteiger partial charge in [-0.15, -0.1) is 0 Å². The van der Waals surface area contributed by atoms with Crippen LogP contribution in [0.4, 0.5) is 5.69 Å². The first-order valence-corrected chi connectivity index (χ1v) is 9.48. The number of allylic oxidation sites excluding steroid dienone is 1. The van der Waals surface area contributed by atoms with Crippen molar-refractivity contribution in [1.29, 1.82) is 0 Å². The predicted molar refractivity (Wildman–Crippen MR) is 115 cm³/mol. The first-order valence-electron chi connectivity index (χ1n) is 9.48. The minimum atomic E-state index is -0.444. The number of aryl methyl sites for hydroxylation is 1. The van der Waals surface area contributed by atoms with Crippen molar-refractivity contribution < 1.29 is 9.90 Å². The first kappa shape index (κ1) is 19.7. The number of phenolic OH excluding ortho intramolecular Hbond substituents is 1. The van der Waals surface area contributed by atoms with Gasteiger partial charge in [-0.3, -0.25) is 4.79 Å². The molecule has 0 saturated carbocycles. The molecule has 0 aromatic heterocycles. The van der Waals surface area contributed by atoms with Crippen molar-refractivity contribution in [1.82, 2.24) is 5.43 Å². The molecule has 0 bridgehead atoms. The summed E-state index contributed by atoms with van der Waals surface area (Å²) in [6.45, 7) is 11.7. The molecule has 0 spiro atoms. The van der Waals surface area contributed by atoms with Crippen molar-refractivity contribution in [2.75, 3.05) is 11.4 Å². The lowest BCUT2D eigenvalue weighted by atomic mass is 9.87. The minimum absolute atomic E-state index is 0.0282. The summed E-state index contributed by atoms with van der Waals surface area (Å²) < 4.78 is 0. The first-order chi connectivity index (χ1) is 13.2. The fourth-order valence-corrected chi connectivity index (χ4v) is 3.85. The molecule has 3 rings (SSSR count). The molecule has 5 nitrogen and oxygen atoms in total. The van der Waals surface area contributed by atoms with Gasteiger partial charge in [0.25, 0.3) is 5.91 Å². The van der Waals surface area contributed by atoms with E-state index in [1.54, 1.807) is 24.4 Å². The molecule has 5 heteroatoms. The zero-order valence-electron chi connectivity index (χ0n) is 17.1. The van der Waals surface area contributed by atoms with Crippen LogP contribution in [0.2, 0.25) is 0 Å². The average Bonchev–Trinajstić information content (AvgIpc) is 2.62. The Morgan fingerprint density at radius 2 is 1.96 bits per heavy atom. The van der Waals surface area contributed by atoms with E-state index in [-0.39, 0.29) is 16.9 Å². The molecule has 1 aliphatic heterocycles. The van der Waals surface area contributed by atoms with Crippen molar-refractivity contribution in [3.63, 3.8) is 0 Å². The van der Waals surface area contributed by atoms with Crippen LogP contribution in [0.15, 0.2) is 47.6 Å². The molecular weight excluding hydrogens is 350 g/mol. The highest BCUT2D eigenvalue weighted by Crippen LogP contribution is 2.39. The molecule has 2 aromatic carbocycles. The Morgan fingerprint density at radius 1 is 1.25 bits per heavy atom. The number of nitrogens with zero attached hydrogens (tertiary/aromatic N) is 2. The molecular formula is C23H27N3O2. The summed E-state index contributed by atoms with van der Waals surface area (Å²) >= 11 is 0. The zero-order chi connectivity index (χ0) is 20.5. The van der Waals surface area contributed by atoms with E-state index in [0.29, 0.717) is 0 Å². The van der Waals surface area contributed by atoms with E-state index in [0.717, 1.165) is 17.7 Å². The van der Waals surface area contributed by atoms with Crippen LogP contribution in [-0.4, -0.2) is 29.3 Å². The predicted octanol–water partition coefficient (Wildman–Crippen LogP) is 4.49. The second kappa shape index (κ2) is 7.50. The number of carbonyl (C=O) groups excluding carboxylic acids is 1. The molecule has 1 heterocycles. The van der Waals surface area contributed by atoms with Crippen LogP contribution in [-0.2, 0) is 0 Å². The van der Waals surface area contributed by atoms with Gasteiger partial charge in [0, 0.05) is 17.8 Å². The van der Waals surface area contributed by atoms with Crippen LogP contribution >= 0.6 is 0 Å². The van der Waals surface area contributed by atoms with Crippen LogP contribution in [0, 0.1) is 6.92 Å². The van der Waals surface area contributed by atoms with Gasteiger partial charge in [0.1, 0.15) is 5.75 Å². The highest BCUT2D eigenvalue weighted by Gasteiger charge is 2.30. The van der Waals surface area contributed by atoms with Gasteiger partial charge in [-0.25, -0.2) is 5.43 Å². The van der Waals surface area contributed by atoms with Crippen LogP contribution in [0.1, 0.15) is 54.7 Å². The second-order valence-corrected chi connectivity index (χ2v) is 7.67. The number of hydrogen-bond acceptors (Lipinski definition) is 4. The number of benzene rings is 2. The highest BCUT2D eigenvalue weighted by molar-refractivity contribution is 5.97. The normalized spacial score (nSPS) is 15.3. The van der Waals surface area contributed by atoms with Crippen LogP contribution in [0.25, 0.3) is 5.57 Å². The smallest absolute Gasteiger partial charge is 0.275 e. The fourth-order valence-electron chi connectivity index (χ4n) is 3.85. The SMILES string of the molecule is CCN1c2cc(C)c(/C=N/NC(=O)c3ccccc3O)cc2C(C)=CC1(C)C. The standard InChI is InChI=1S/C23H27N3O2/c1-6-26-20-11-15(2)17(12-19(20)16(3)13-23(26,4)5)14-24-25-22(28)18-9-7-8-10-21(18)27/h7-14,27H,6H2,1-5H3,(H,25,28)/b24-14+. The molecule has 2 N–H and O–H groups in total. The van der Waals surface area contributed by atoms with Gasteiger partial charge in [-0.05, 0) is 75.6 Å². The summed E-state index contributed by atoms with van der Waals surface area (Å²) in [7, 11) is 0. The molecule has 0 unspecified atom stereocenters. The summed E-state index contributed by atoms with van der Waals surface area (Å²) in [6, 6.07) is 10.7. The van der Waals surface area contributed by atoms with E-state index < -0.39 is 5.91 Å². The number of fused-ring (bicyclic) bond motifs is 1. The number of carbonyl (C=O) groups is 1. The number of para-hydroxylation sites is 1. The highest BCUT2D eigenvalue weighted by atomic mass is 16.3. The summed E-state index contributed by atoms with van der Waals surface area (Å²) in [5.41, 5.74) is 8.32. The van der Waals surface area contributed by atoms with Crippen molar-refractivity contribution in [2.45, 2.75) is 40.2 Å². The van der Waals surface area contributed by atoms with Gasteiger partial charge < -0.3 is 10.0 Å². The topological polar surface area (TPSA) is 64.9 Å². The lowest BCUT2D eigenvalue weighted by molar-refractivity contribution is 0.0952. The molecule has 0 aliphatic carbocycles. The average molecular weight is 377 g/mol. The lowest BCUT2D eigenvalue weighted by Gasteiger charge is -2.43. The number of amides is 1. The van der Waals surface area contributed by atoms with Crippen LogP contribution in [0.5, 0.6) is 5.75 Å². The molecule has 1 aliphatic rings. The molecule has 146 valence electrons. The molecule has 28 heavy (non-hydrogen) atoms. The largest absolute Gasteiger partial charge is 0.507 e. The summed E-state index contributed by atoms with van der Waals surface area (Å²) in [4.78, 5) is 14.6. The number of phenols is 1. The van der Waals surface area contributed by atoms with Crippen LogP contribution < -0.4 is 10.3 Å². The third kappa shape index (κ3) is 3.65. The van der Waals surface area contributed by atoms with E-state index in [4.69, 9.17) is 0 Å². The maximum absolute atomic E-state index is 12.2. The van der Waals surface area contributed by atoms with Gasteiger partial charge in [0.2, 0.25) is 0 Å². The van der Waals surface area contributed by atoms with E-state index in [2.05, 4.69) is 61.3 Å². The molecule has 2 aromatic rings. The maximum atomic E-state index is 12.2. The van der Waals surface area contributed by atoms with Gasteiger partial charge in [-0.2, -0.15) is 5.10 Å². The van der Waals surface area contributed by atoms with Gasteiger partial charge in [-0.1, -0.05) is 18.2 Å². The fraction of sp³-hybridized carbons (Fsp3) is 0.304. The van der Waals surface area contributed by atoms with E-state index in [9.17, 15) is 9.90 Å². The van der Waals surface area contributed by atoms with Crippen molar-refractivity contribution in [3.8, 4) is 5.75 Å². The van der Waals surface area contributed by atoms with Crippen molar-refractivity contribution in [3.05, 3.63) is 64.7 Å². The number of anilines is 1. The third-order valence-corrected chi connectivity index (χ3v) is 5.20. The Bertz CT molecular complexity index is 974. The number of hydrogen-bond donors (Lipinski definition) is 2. The number of rotatable bonds is 4. The van der Waals surface area contributed by atoms with E-state index in [1.807, 2.05) is 6.92 Å². The Balaban J connectivity index is 1.87. The third-order valence-electron chi connectivity index (χ3n) is 5.20. The summed E-state index contributed by atoms with van der Waals surface area (Å²) in [5, 5.41) is 13.9. The molecule has 1 amide bonds. The Hall–Kier alpha value is -3.08. The monoisotopic (exact) mass is 377 g/mol. The van der Waals surface area contributed by atoms with Crippen LogP contribution in [0.3, 0.4) is 0 Å². The minimum Gasteiger partial charge on any atom is -0.507 e.